The minimum Gasteiger partial charge on any atom is -0.342 e. The van der Waals surface area contributed by atoms with Gasteiger partial charge in [0.2, 0.25) is 5.91 Å². The van der Waals surface area contributed by atoms with Gasteiger partial charge in [0.1, 0.15) is 0 Å². The molecule has 0 atom stereocenters. The summed E-state index contributed by atoms with van der Waals surface area (Å²) in [7, 11) is 0. The van der Waals surface area contributed by atoms with Crippen LogP contribution in [0, 0.1) is 13.8 Å². The quantitative estimate of drug-likeness (QED) is 0.901. The molecule has 1 fully saturated rings. The first-order valence-corrected chi connectivity index (χ1v) is 7.21. The number of nitrogens with one attached hydrogen (secondary N) is 1. The smallest absolute Gasteiger partial charge is 0.236 e. The number of hydrogen-bond donors (Lipinski definition) is 1. The van der Waals surface area contributed by atoms with Gasteiger partial charge >= 0.3 is 0 Å². The van der Waals surface area contributed by atoms with Crippen LogP contribution < -0.4 is 5.32 Å². The van der Waals surface area contributed by atoms with E-state index in [9.17, 15) is 4.79 Å². The SMILES string of the molecule is Cc1ccc(CNCC(=O)N2CCCCC2)cc1C. The van der Waals surface area contributed by atoms with Gasteiger partial charge in [-0.25, -0.2) is 0 Å². The van der Waals surface area contributed by atoms with E-state index in [0.29, 0.717) is 6.54 Å². The van der Waals surface area contributed by atoms with Gasteiger partial charge in [-0.1, -0.05) is 18.2 Å². The van der Waals surface area contributed by atoms with Crippen LogP contribution in [0.25, 0.3) is 0 Å². The molecule has 0 aromatic heterocycles. The molecule has 0 unspecified atom stereocenters. The number of likely N-dealkylation sites (tertiary alicyclic amines) is 1. The van der Waals surface area contributed by atoms with Crippen LogP contribution in [0.2, 0.25) is 0 Å². The molecule has 0 radical (unpaired) electrons. The van der Waals surface area contributed by atoms with E-state index in [2.05, 4.69) is 37.4 Å². The van der Waals surface area contributed by atoms with Crippen molar-refractivity contribution in [3.05, 3.63) is 34.9 Å². The Morgan fingerprint density at radius 3 is 2.58 bits per heavy atom. The van der Waals surface area contributed by atoms with Gasteiger partial charge in [-0.2, -0.15) is 0 Å². The van der Waals surface area contributed by atoms with Gasteiger partial charge in [-0.3, -0.25) is 4.79 Å². The maximum absolute atomic E-state index is 12.0. The monoisotopic (exact) mass is 260 g/mol. The molecular formula is C16H24N2O. The predicted octanol–water partition coefficient (Wildman–Crippen LogP) is 2.41. The maximum atomic E-state index is 12.0. The van der Waals surface area contributed by atoms with E-state index in [1.54, 1.807) is 0 Å². The maximum Gasteiger partial charge on any atom is 0.236 e. The van der Waals surface area contributed by atoms with Crippen molar-refractivity contribution in [2.24, 2.45) is 0 Å². The zero-order valence-corrected chi connectivity index (χ0v) is 12.0. The van der Waals surface area contributed by atoms with Gasteiger partial charge in [0.15, 0.2) is 0 Å². The molecule has 0 aliphatic carbocycles. The molecule has 1 amide bonds. The second kappa shape index (κ2) is 6.71. The van der Waals surface area contributed by atoms with Crippen LogP contribution in [-0.4, -0.2) is 30.4 Å². The van der Waals surface area contributed by atoms with Crippen LogP contribution in [0.5, 0.6) is 0 Å². The average Bonchev–Trinajstić information content (AvgIpc) is 2.43. The lowest BCUT2D eigenvalue weighted by molar-refractivity contribution is -0.131. The van der Waals surface area contributed by atoms with Gasteiger partial charge in [0.05, 0.1) is 6.54 Å². The highest BCUT2D eigenvalue weighted by Gasteiger charge is 2.15. The first-order valence-electron chi connectivity index (χ1n) is 7.21. The normalized spacial score (nSPS) is 15.6. The molecule has 2 rings (SSSR count). The number of rotatable bonds is 4. The predicted molar refractivity (Wildman–Crippen MR) is 78.1 cm³/mol. The number of amides is 1. The van der Waals surface area contributed by atoms with E-state index in [1.807, 2.05) is 4.90 Å². The molecule has 3 nitrogen and oxygen atoms in total. The second-order valence-corrected chi connectivity index (χ2v) is 5.46. The molecule has 1 aliphatic heterocycles. The van der Waals surface area contributed by atoms with Crippen LogP contribution in [0.4, 0.5) is 0 Å². The Balaban J connectivity index is 1.76. The molecule has 19 heavy (non-hydrogen) atoms. The van der Waals surface area contributed by atoms with Gasteiger partial charge < -0.3 is 10.2 Å². The third kappa shape index (κ3) is 4.06. The van der Waals surface area contributed by atoms with Crippen LogP contribution in [0.1, 0.15) is 36.0 Å². The molecule has 1 aromatic carbocycles. The first kappa shape index (κ1) is 14.1. The van der Waals surface area contributed by atoms with Crippen molar-refractivity contribution >= 4 is 5.91 Å². The second-order valence-electron chi connectivity index (χ2n) is 5.46. The van der Waals surface area contributed by atoms with E-state index >= 15 is 0 Å². The fourth-order valence-corrected chi connectivity index (χ4v) is 2.48. The van der Waals surface area contributed by atoms with E-state index in [4.69, 9.17) is 0 Å². The number of carbonyl (C=O) groups is 1. The summed E-state index contributed by atoms with van der Waals surface area (Å²) in [5.41, 5.74) is 3.87. The standard InChI is InChI=1S/C16H24N2O/c1-13-6-7-15(10-14(13)2)11-17-12-16(19)18-8-4-3-5-9-18/h6-7,10,17H,3-5,8-9,11-12H2,1-2H3. The third-order valence-electron chi connectivity index (χ3n) is 3.89. The van der Waals surface area contributed by atoms with Gasteiger partial charge in [0.25, 0.3) is 0 Å². The van der Waals surface area contributed by atoms with E-state index in [-0.39, 0.29) is 5.91 Å². The largest absolute Gasteiger partial charge is 0.342 e. The van der Waals surface area contributed by atoms with Crippen LogP contribution in [0.15, 0.2) is 18.2 Å². The number of carbonyl (C=O) groups excluding carboxylic acids is 1. The molecule has 1 aliphatic rings. The Kier molecular flexibility index (Phi) is 4.97. The van der Waals surface area contributed by atoms with E-state index in [1.165, 1.54) is 23.1 Å². The zero-order chi connectivity index (χ0) is 13.7. The van der Waals surface area contributed by atoms with E-state index in [0.717, 1.165) is 32.5 Å². The third-order valence-corrected chi connectivity index (χ3v) is 3.89. The van der Waals surface area contributed by atoms with Crippen molar-refractivity contribution in [2.75, 3.05) is 19.6 Å². The molecule has 0 bridgehead atoms. The topological polar surface area (TPSA) is 32.3 Å². The molecule has 3 heteroatoms. The Hall–Kier alpha value is -1.35. The molecule has 1 aromatic rings. The molecule has 1 N–H and O–H groups in total. The van der Waals surface area contributed by atoms with Crippen LogP contribution >= 0.6 is 0 Å². The molecule has 0 spiro atoms. The van der Waals surface area contributed by atoms with Crippen molar-refractivity contribution < 1.29 is 4.79 Å². The molecule has 104 valence electrons. The van der Waals surface area contributed by atoms with Crippen LogP contribution in [0.3, 0.4) is 0 Å². The summed E-state index contributed by atoms with van der Waals surface area (Å²) in [6, 6.07) is 6.45. The van der Waals surface area contributed by atoms with Gasteiger partial charge in [0, 0.05) is 19.6 Å². The Labute approximate surface area is 116 Å². The highest BCUT2D eigenvalue weighted by atomic mass is 16.2. The minimum absolute atomic E-state index is 0.239. The summed E-state index contributed by atoms with van der Waals surface area (Å²) in [6.45, 7) is 7.33. The average molecular weight is 260 g/mol. The summed E-state index contributed by atoms with van der Waals surface area (Å²) >= 11 is 0. The number of nitrogens with zero attached hydrogens (tertiary/aromatic N) is 1. The number of hydrogen-bond acceptors (Lipinski definition) is 2. The fourth-order valence-electron chi connectivity index (χ4n) is 2.48. The van der Waals surface area contributed by atoms with Gasteiger partial charge in [-0.15, -0.1) is 0 Å². The summed E-state index contributed by atoms with van der Waals surface area (Å²) in [4.78, 5) is 14.0. The lowest BCUT2D eigenvalue weighted by Crippen LogP contribution is -2.40. The van der Waals surface area contributed by atoms with Crippen molar-refractivity contribution in [1.82, 2.24) is 10.2 Å². The molecule has 0 saturated carbocycles. The highest BCUT2D eigenvalue weighted by molar-refractivity contribution is 5.78. The van der Waals surface area contributed by atoms with E-state index < -0.39 is 0 Å². The molecule has 1 saturated heterocycles. The Morgan fingerprint density at radius 1 is 1.16 bits per heavy atom. The first-order chi connectivity index (χ1) is 9.16. The lowest BCUT2D eigenvalue weighted by Gasteiger charge is -2.26. The van der Waals surface area contributed by atoms with Crippen LogP contribution in [-0.2, 0) is 11.3 Å². The summed E-state index contributed by atoms with van der Waals surface area (Å²) in [6.07, 6.45) is 3.58. The fraction of sp³-hybridized carbons (Fsp3) is 0.562. The minimum atomic E-state index is 0.239. The molecular weight excluding hydrogens is 236 g/mol. The Bertz CT molecular complexity index is 436. The summed E-state index contributed by atoms with van der Waals surface area (Å²) in [5.74, 6) is 0.239. The summed E-state index contributed by atoms with van der Waals surface area (Å²) < 4.78 is 0. The zero-order valence-electron chi connectivity index (χ0n) is 12.0. The van der Waals surface area contributed by atoms with Crippen molar-refractivity contribution in [3.8, 4) is 0 Å². The summed E-state index contributed by atoms with van der Waals surface area (Å²) in [5, 5.41) is 3.25. The van der Waals surface area contributed by atoms with Crippen molar-refractivity contribution in [3.63, 3.8) is 0 Å². The highest BCUT2D eigenvalue weighted by Crippen LogP contribution is 2.10. The van der Waals surface area contributed by atoms with Crippen molar-refractivity contribution in [2.45, 2.75) is 39.7 Å². The number of aryl methyl sites for hydroxylation is 2. The van der Waals surface area contributed by atoms with Crippen molar-refractivity contribution in [1.29, 1.82) is 0 Å². The van der Waals surface area contributed by atoms with Gasteiger partial charge in [-0.05, 0) is 49.8 Å². The Morgan fingerprint density at radius 2 is 1.89 bits per heavy atom. The molecule has 1 heterocycles. The number of benzene rings is 1. The lowest BCUT2D eigenvalue weighted by atomic mass is 10.1. The number of piperidine rings is 1.